The van der Waals surface area contributed by atoms with E-state index in [9.17, 15) is 0 Å². The molecule has 1 aromatic rings. The summed E-state index contributed by atoms with van der Waals surface area (Å²) < 4.78 is 0. The first-order valence-corrected chi connectivity index (χ1v) is 3.15. The van der Waals surface area contributed by atoms with E-state index in [1.807, 2.05) is 30.3 Å². The van der Waals surface area contributed by atoms with Crippen LogP contribution in [0.4, 0.5) is 5.69 Å². The standard InChI is InChI=1S/C9H5N/c1-2-6-9-8(4-1)5-3-7-10-9/h1-2,4-6H/p+1. The minimum absolute atomic E-state index is 1.10. The Morgan fingerprint density at radius 1 is 1.20 bits per heavy atom. The molecule has 46 valence electrons. The summed E-state index contributed by atoms with van der Waals surface area (Å²) in [6, 6.07) is 8.05. The zero-order valence-corrected chi connectivity index (χ0v) is 5.39. The van der Waals surface area contributed by atoms with Crippen molar-refractivity contribution in [2.45, 2.75) is 0 Å². The van der Waals surface area contributed by atoms with Gasteiger partial charge in [0.05, 0.1) is 5.56 Å². The van der Waals surface area contributed by atoms with E-state index in [2.05, 4.69) is 16.6 Å². The minimum atomic E-state index is 1.10. The second-order valence-corrected chi connectivity index (χ2v) is 2.13. The second-order valence-electron chi connectivity index (χ2n) is 2.13. The van der Waals surface area contributed by atoms with Gasteiger partial charge in [-0.2, -0.15) is 4.99 Å². The summed E-state index contributed by atoms with van der Waals surface area (Å²) in [5, 5.41) is 0. The monoisotopic (exact) mass is 128 g/mol. The maximum atomic E-state index is 2.97. The van der Waals surface area contributed by atoms with E-state index in [1.54, 1.807) is 0 Å². The summed E-state index contributed by atoms with van der Waals surface area (Å²) >= 11 is 0. The molecule has 1 nitrogen and oxygen atoms in total. The van der Waals surface area contributed by atoms with Crippen LogP contribution in [0.3, 0.4) is 0 Å². The Kier molecular flexibility index (Phi) is 1.05. The van der Waals surface area contributed by atoms with Crippen molar-refractivity contribution in [1.82, 2.24) is 0 Å². The Morgan fingerprint density at radius 2 is 2.10 bits per heavy atom. The fourth-order valence-electron chi connectivity index (χ4n) is 0.954. The number of hydrogen-bond donors (Lipinski definition) is 1. The second kappa shape index (κ2) is 2.00. The number of benzene rings is 1. The summed E-state index contributed by atoms with van der Waals surface area (Å²) in [5.74, 6) is 2.79. The normalized spacial score (nSPS) is 11.6. The molecule has 0 saturated carbocycles. The molecule has 0 saturated heterocycles. The summed E-state index contributed by atoms with van der Waals surface area (Å²) in [6.07, 6.45) is 1.91. The van der Waals surface area contributed by atoms with Gasteiger partial charge in [-0.15, -0.1) is 0 Å². The van der Waals surface area contributed by atoms with Gasteiger partial charge >= 0.3 is 0 Å². The third kappa shape index (κ3) is 0.708. The molecular weight excluding hydrogens is 122 g/mol. The first-order chi connectivity index (χ1) is 4.97. The lowest BCUT2D eigenvalue weighted by atomic mass is 10.1. The molecule has 0 unspecified atom stereocenters. The molecule has 1 aliphatic rings. The van der Waals surface area contributed by atoms with Crippen molar-refractivity contribution in [2.24, 2.45) is 0 Å². The molecule has 0 amide bonds. The van der Waals surface area contributed by atoms with Crippen LogP contribution < -0.4 is 4.99 Å². The van der Waals surface area contributed by atoms with Gasteiger partial charge in [0.25, 0.3) is 0 Å². The molecule has 0 spiro atoms. The molecule has 0 fully saturated rings. The first kappa shape index (κ1) is 5.25. The lowest BCUT2D eigenvalue weighted by Crippen LogP contribution is -2.60. The summed E-state index contributed by atoms with van der Waals surface area (Å²) in [5.41, 5.74) is 5.12. The fraction of sp³-hybridized carbons (Fsp3) is 0. The van der Waals surface area contributed by atoms with Gasteiger partial charge in [0, 0.05) is 17.9 Å². The van der Waals surface area contributed by atoms with Crippen molar-refractivity contribution < 1.29 is 4.99 Å². The first-order valence-electron chi connectivity index (χ1n) is 3.15. The molecule has 0 radical (unpaired) electrons. The number of fused-ring (bicyclic) bond motifs is 1. The van der Waals surface area contributed by atoms with Gasteiger partial charge in [-0.05, 0) is 6.07 Å². The third-order valence-electron chi connectivity index (χ3n) is 1.46. The number of para-hydroxylation sites is 1. The van der Waals surface area contributed by atoms with Gasteiger partial charge in [0.15, 0.2) is 0 Å². The Morgan fingerprint density at radius 3 is 3.00 bits per heavy atom. The molecule has 0 aliphatic carbocycles. The highest BCUT2D eigenvalue weighted by Crippen LogP contribution is 2.09. The van der Waals surface area contributed by atoms with E-state index in [0.717, 1.165) is 5.69 Å². The lowest BCUT2D eigenvalue weighted by Gasteiger charge is -1.91. The van der Waals surface area contributed by atoms with Gasteiger partial charge in [0.2, 0.25) is 11.6 Å². The quantitative estimate of drug-likeness (QED) is 0.489. The van der Waals surface area contributed by atoms with Crippen molar-refractivity contribution in [1.29, 1.82) is 0 Å². The average molecular weight is 128 g/mol. The average Bonchev–Trinajstić information content (AvgIpc) is 2.05. The Labute approximate surface area is 59.0 Å². The van der Waals surface area contributed by atoms with E-state index in [-0.39, 0.29) is 0 Å². The molecule has 0 atom stereocenters. The van der Waals surface area contributed by atoms with Crippen LogP contribution in [0.25, 0.3) is 6.08 Å². The topological polar surface area (TPSA) is 14.0 Å². The van der Waals surface area contributed by atoms with E-state index < -0.39 is 0 Å². The van der Waals surface area contributed by atoms with Gasteiger partial charge in [0.1, 0.15) is 0 Å². The van der Waals surface area contributed by atoms with Crippen molar-refractivity contribution in [3.63, 3.8) is 0 Å². The lowest BCUT2D eigenvalue weighted by molar-refractivity contribution is -0.344. The van der Waals surface area contributed by atoms with E-state index in [0.29, 0.717) is 0 Å². The molecule has 2 rings (SSSR count). The molecule has 1 heteroatoms. The molecule has 1 aromatic carbocycles. The van der Waals surface area contributed by atoms with E-state index >= 15 is 0 Å². The fourth-order valence-corrected chi connectivity index (χ4v) is 0.954. The largest absolute Gasteiger partial charge is 0.226 e. The summed E-state index contributed by atoms with van der Waals surface area (Å²) in [6.45, 7) is 0. The summed E-state index contributed by atoms with van der Waals surface area (Å²) in [4.78, 5) is 2.97. The molecule has 1 N–H and O–H groups in total. The van der Waals surface area contributed by atoms with Crippen molar-refractivity contribution in [3.05, 3.63) is 35.6 Å². The molecule has 10 heavy (non-hydrogen) atoms. The molecule has 0 aromatic heterocycles. The SMILES string of the molecule is C1=C=[NH+]c2ccccc2C=1. The minimum Gasteiger partial charge on any atom is -0.156 e. The van der Waals surface area contributed by atoms with Crippen LogP contribution in [0.1, 0.15) is 5.56 Å². The third-order valence-corrected chi connectivity index (χ3v) is 1.46. The van der Waals surface area contributed by atoms with Gasteiger partial charge < -0.3 is 0 Å². The predicted octanol–water partition coefficient (Wildman–Crippen LogP) is 0.250. The zero-order chi connectivity index (χ0) is 6.81. The van der Waals surface area contributed by atoms with Crippen LogP contribution in [0.15, 0.2) is 30.0 Å². The highest BCUT2D eigenvalue weighted by molar-refractivity contribution is 5.68. The number of rotatable bonds is 0. The number of hydrogen-bond acceptors (Lipinski definition) is 0. The van der Waals surface area contributed by atoms with Crippen LogP contribution in [0.2, 0.25) is 0 Å². The maximum Gasteiger partial charge on any atom is 0.226 e. The van der Waals surface area contributed by atoms with Crippen LogP contribution in [-0.4, -0.2) is 5.87 Å². The molecule has 0 bridgehead atoms. The van der Waals surface area contributed by atoms with Crippen LogP contribution in [0.5, 0.6) is 0 Å². The highest BCUT2D eigenvalue weighted by Gasteiger charge is 2.01. The van der Waals surface area contributed by atoms with E-state index in [1.165, 1.54) is 5.56 Å². The van der Waals surface area contributed by atoms with E-state index in [4.69, 9.17) is 0 Å². The highest BCUT2D eigenvalue weighted by atomic mass is 14.7. The maximum absolute atomic E-state index is 2.97. The van der Waals surface area contributed by atoms with Crippen LogP contribution in [0, 0.1) is 0 Å². The van der Waals surface area contributed by atoms with Crippen molar-refractivity contribution in [3.8, 4) is 0 Å². The number of nitrogens with one attached hydrogen (secondary N) is 1. The molecular formula is C9H6N+. The Balaban J connectivity index is 2.74. The zero-order valence-electron chi connectivity index (χ0n) is 5.39. The van der Waals surface area contributed by atoms with Gasteiger partial charge in [-0.25, -0.2) is 0 Å². The Bertz CT molecular complexity index is 316. The Hall–Kier alpha value is -1.55. The van der Waals surface area contributed by atoms with Crippen molar-refractivity contribution >= 4 is 17.6 Å². The smallest absolute Gasteiger partial charge is 0.156 e. The van der Waals surface area contributed by atoms with Crippen LogP contribution in [-0.2, 0) is 0 Å². The van der Waals surface area contributed by atoms with Gasteiger partial charge in [-0.1, -0.05) is 12.1 Å². The molecule has 1 heterocycles. The summed E-state index contributed by atoms with van der Waals surface area (Å²) in [7, 11) is 0. The van der Waals surface area contributed by atoms with Gasteiger partial charge in [-0.3, -0.25) is 0 Å². The van der Waals surface area contributed by atoms with Crippen LogP contribution >= 0.6 is 0 Å². The molecule has 1 aliphatic heterocycles. The predicted molar refractivity (Wildman–Crippen MR) is 40.0 cm³/mol. The van der Waals surface area contributed by atoms with Crippen molar-refractivity contribution in [2.75, 3.05) is 0 Å².